The van der Waals surface area contributed by atoms with E-state index in [9.17, 15) is 4.79 Å². The Morgan fingerprint density at radius 3 is 2.87 bits per heavy atom. The number of H-pyrrole nitrogens is 1. The molecule has 118 valence electrons. The number of para-hydroxylation sites is 1. The van der Waals surface area contributed by atoms with Gasteiger partial charge in [-0.2, -0.15) is 12.6 Å². The third-order valence-electron chi connectivity index (χ3n) is 4.39. The second-order valence-electron chi connectivity index (χ2n) is 5.97. The van der Waals surface area contributed by atoms with Crippen molar-refractivity contribution in [3.8, 4) is 0 Å². The summed E-state index contributed by atoms with van der Waals surface area (Å²) in [4.78, 5) is 14.9. The van der Waals surface area contributed by atoms with E-state index in [1.165, 1.54) is 12.8 Å². The Balaban J connectivity index is 1.86. The molecule has 0 spiro atoms. The molecule has 2 heterocycles. The van der Waals surface area contributed by atoms with E-state index < -0.39 is 0 Å². The lowest BCUT2D eigenvalue weighted by Crippen LogP contribution is -2.12. The number of aromatic nitrogens is 4. The number of pyridine rings is 1. The largest absolute Gasteiger partial charge is 0.322 e. The number of hydrogen-bond donors (Lipinski definition) is 2. The molecule has 1 aliphatic carbocycles. The van der Waals surface area contributed by atoms with Crippen LogP contribution in [-0.4, -0.2) is 19.7 Å². The number of aromatic amines is 1. The Kier molecular flexibility index (Phi) is 3.49. The number of rotatable bonds is 4. The van der Waals surface area contributed by atoms with E-state index in [1.807, 2.05) is 24.3 Å². The zero-order valence-electron chi connectivity index (χ0n) is 12.9. The summed E-state index contributed by atoms with van der Waals surface area (Å²) in [6.07, 6.45) is 2.37. The average molecular weight is 326 g/mol. The number of benzene rings is 1. The second-order valence-corrected chi connectivity index (χ2v) is 6.49. The van der Waals surface area contributed by atoms with Crippen molar-refractivity contribution in [2.75, 3.05) is 0 Å². The maximum atomic E-state index is 12.0. The normalized spacial score (nSPS) is 15.9. The molecule has 2 aromatic heterocycles. The van der Waals surface area contributed by atoms with E-state index >= 15 is 0 Å². The van der Waals surface area contributed by atoms with Crippen molar-refractivity contribution in [1.82, 2.24) is 19.7 Å². The Hall–Kier alpha value is -2.08. The lowest BCUT2D eigenvalue weighted by Gasteiger charge is -2.15. The summed E-state index contributed by atoms with van der Waals surface area (Å²) in [5, 5.41) is 9.48. The van der Waals surface area contributed by atoms with Crippen LogP contribution in [0.3, 0.4) is 0 Å². The molecule has 1 aliphatic rings. The third-order valence-corrected chi connectivity index (χ3v) is 4.90. The second kappa shape index (κ2) is 5.53. The van der Waals surface area contributed by atoms with Crippen LogP contribution in [0.4, 0.5) is 0 Å². The molecule has 1 unspecified atom stereocenters. The first-order valence-corrected chi connectivity index (χ1v) is 8.43. The first kappa shape index (κ1) is 14.5. The van der Waals surface area contributed by atoms with E-state index in [1.54, 1.807) is 6.07 Å². The highest BCUT2D eigenvalue weighted by molar-refractivity contribution is 7.80. The Bertz CT molecular complexity index is 926. The fourth-order valence-corrected chi connectivity index (χ4v) is 3.50. The van der Waals surface area contributed by atoms with Gasteiger partial charge in [0, 0.05) is 29.4 Å². The van der Waals surface area contributed by atoms with Crippen LogP contribution in [0.15, 0.2) is 35.1 Å². The number of fused-ring (bicyclic) bond motifs is 1. The van der Waals surface area contributed by atoms with Gasteiger partial charge in [0.1, 0.15) is 11.6 Å². The minimum Gasteiger partial charge on any atom is -0.322 e. The van der Waals surface area contributed by atoms with Gasteiger partial charge in [0.15, 0.2) is 0 Å². The first-order chi connectivity index (χ1) is 11.2. The Labute approximate surface area is 139 Å². The summed E-state index contributed by atoms with van der Waals surface area (Å²) in [5.41, 5.74) is 1.57. The van der Waals surface area contributed by atoms with Crippen molar-refractivity contribution in [3.63, 3.8) is 0 Å². The van der Waals surface area contributed by atoms with Crippen molar-refractivity contribution in [2.45, 2.75) is 37.5 Å². The predicted molar refractivity (Wildman–Crippen MR) is 93.1 cm³/mol. The third kappa shape index (κ3) is 2.47. The highest BCUT2D eigenvalue weighted by Crippen LogP contribution is 2.40. The molecule has 6 heteroatoms. The molecule has 5 nitrogen and oxygen atoms in total. The van der Waals surface area contributed by atoms with Gasteiger partial charge in [0.2, 0.25) is 5.56 Å². The summed E-state index contributed by atoms with van der Waals surface area (Å²) in [5.74, 6) is 2.40. The smallest absolute Gasteiger partial charge is 0.248 e. The molecular formula is C17H18N4OS. The minimum absolute atomic E-state index is 0.122. The maximum Gasteiger partial charge on any atom is 0.248 e. The lowest BCUT2D eigenvalue weighted by molar-refractivity contribution is 0.668. The van der Waals surface area contributed by atoms with Gasteiger partial charge in [-0.25, -0.2) is 0 Å². The summed E-state index contributed by atoms with van der Waals surface area (Å²) in [6.45, 7) is 2.90. The number of nitrogens with zero attached hydrogens (tertiary/aromatic N) is 3. The molecule has 23 heavy (non-hydrogen) atoms. The maximum absolute atomic E-state index is 12.0. The van der Waals surface area contributed by atoms with E-state index in [0.717, 1.165) is 34.7 Å². The predicted octanol–water partition coefficient (Wildman–Crippen LogP) is 3.04. The highest BCUT2D eigenvalue weighted by Gasteiger charge is 2.31. The average Bonchev–Trinajstić information content (AvgIpc) is 3.32. The van der Waals surface area contributed by atoms with Crippen molar-refractivity contribution in [3.05, 3.63) is 57.9 Å². The van der Waals surface area contributed by atoms with Crippen molar-refractivity contribution in [2.24, 2.45) is 0 Å². The molecule has 0 radical (unpaired) electrons. The van der Waals surface area contributed by atoms with Gasteiger partial charge in [-0.15, -0.1) is 10.2 Å². The molecule has 1 saturated carbocycles. The summed E-state index contributed by atoms with van der Waals surface area (Å²) >= 11 is 4.78. The van der Waals surface area contributed by atoms with Crippen LogP contribution in [0.25, 0.3) is 10.9 Å². The number of hydrogen-bond acceptors (Lipinski definition) is 4. The summed E-state index contributed by atoms with van der Waals surface area (Å²) < 4.78 is 2.14. The molecule has 3 aromatic rings. The van der Waals surface area contributed by atoms with Gasteiger partial charge < -0.3 is 9.55 Å². The van der Waals surface area contributed by atoms with Crippen LogP contribution in [0, 0.1) is 0 Å². The summed E-state index contributed by atoms with van der Waals surface area (Å²) in [6, 6.07) is 9.39. The van der Waals surface area contributed by atoms with Crippen LogP contribution in [0.5, 0.6) is 0 Å². The zero-order chi connectivity index (χ0) is 16.0. The standard InChI is InChI=1S/C17H18N4OS/c1-2-21-16(10-7-8-10)19-20-17(21)15(23)12-9-14(22)18-13-6-4-3-5-11(12)13/h3-6,9-10,15,23H,2,7-8H2,1H3,(H,18,22). The van der Waals surface area contributed by atoms with E-state index in [2.05, 4.69) is 26.7 Å². The van der Waals surface area contributed by atoms with Crippen LogP contribution in [0.2, 0.25) is 0 Å². The minimum atomic E-state index is -0.276. The Morgan fingerprint density at radius 1 is 1.35 bits per heavy atom. The summed E-state index contributed by atoms with van der Waals surface area (Å²) in [7, 11) is 0. The fourth-order valence-electron chi connectivity index (χ4n) is 3.09. The SMILES string of the molecule is CCn1c(C2CC2)nnc1C(S)c1cc(=O)[nH]c2ccccc12. The molecule has 1 N–H and O–H groups in total. The highest BCUT2D eigenvalue weighted by atomic mass is 32.1. The van der Waals surface area contributed by atoms with Gasteiger partial charge in [0.25, 0.3) is 0 Å². The molecule has 0 bridgehead atoms. The molecule has 0 amide bonds. The molecule has 4 rings (SSSR count). The lowest BCUT2D eigenvalue weighted by atomic mass is 10.1. The van der Waals surface area contributed by atoms with Crippen molar-refractivity contribution < 1.29 is 0 Å². The molecule has 1 fully saturated rings. The van der Waals surface area contributed by atoms with E-state index in [-0.39, 0.29) is 10.8 Å². The van der Waals surface area contributed by atoms with E-state index in [4.69, 9.17) is 12.6 Å². The number of nitrogens with one attached hydrogen (secondary N) is 1. The Morgan fingerprint density at radius 2 is 2.13 bits per heavy atom. The van der Waals surface area contributed by atoms with Crippen LogP contribution in [0.1, 0.15) is 48.1 Å². The molecular weight excluding hydrogens is 308 g/mol. The van der Waals surface area contributed by atoms with Gasteiger partial charge >= 0.3 is 0 Å². The van der Waals surface area contributed by atoms with Crippen LogP contribution < -0.4 is 5.56 Å². The van der Waals surface area contributed by atoms with Crippen molar-refractivity contribution >= 4 is 23.5 Å². The topological polar surface area (TPSA) is 63.6 Å². The molecule has 1 atom stereocenters. The molecule has 0 aliphatic heterocycles. The fraction of sp³-hybridized carbons (Fsp3) is 0.353. The molecule has 0 saturated heterocycles. The van der Waals surface area contributed by atoms with Gasteiger partial charge in [-0.1, -0.05) is 18.2 Å². The molecule has 1 aromatic carbocycles. The van der Waals surface area contributed by atoms with Crippen molar-refractivity contribution in [1.29, 1.82) is 0 Å². The zero-order valence-corrected chi connectivity index (χ0v) is 13.8. The van der Waals surface area contributed by atoms with Crippen LogP contribution >= 0.6 is 12.6 Å². The quantitative estimate of drug-likeness (QED) is 0.724. The van der Waals surface area contributed by atoms with Crippen LogP contribution in [-0.2, 0) is 6.54 Å². The monoisotopic (exact) mass is 326 g/mol. The van der Waals surface area contributed by atoms with E-state index in [0.29, 0.717) is 5.92 Å². The van der Waals surface area contributed by atoms with Gasteiger partial charge in [-0.05, 0) is 31.4 Å². The van der Waals surface area contributed by atoms with Gasteiger partial charge in [0.05, 0.1) is 5.25 Å². The number of thiol groups is 1. The first-order valence-electron chi connectivity index (χ1n) is 7.92. The van der Waals surface area contributed by atoms with Gasteiger partial charge in [-0.3, -0.25) is 4.79 Å².